The molecule has 0 aliphatic rings. The molecule has 44 heavy (non-hydrogen) atoms. The Morgan fingerprint density at radius 1 is 0.500 bits per heavy atom. The summed E-state index contributed by atoms with van der Waals surface area (Å²) in [4.78, 5) is 0. The van der Waals surface area contributed by atoms with E-state index in [0.717, 1.165) is 17.1 Å². The maximum absolute atomic E-state index is 5.38. The molecule has 0 bridgehead atoms. The van der Waals surface area contributed by atoms with Gasteiger partial charge in [0.05, 0.1) is 14.2 Å². The lowest BCUT2D eigenvalue weighted by Gasteiger charge is -2.20. The molecule has 0 atom stereocenters. The van der Waals surface area contributed by atoms with E-state index in [2.05, 4.69) is 126 Å². The molecule has 0 saturated carbocycles. The second kappa shape index (κ2) is 12.6. The van der Waals surface area contributed by atoms with Gasteiger partial charge in [0.25, 0.3) is 0 Å². The predicted molar refractivity (Wildman–Crippen MR) is 190 cm³/mol. The van der Waals surface area contributed by atoms with Gasteiger partial charge in [-0.25, -0.2) is 0 Å². The Labute approximate surface area is 264 Å². The minimum absolute atomic E-state index is 0.865. The summed E-state index contributed by atoms with van der Waals surface area (Å²) in [7, 11) is 1.76. The first kappa shape index (κ1) is 30.9. The van der Waals surface area contributed by atoms with Gasteiger partial charge in [-0.2, -0.15) is 0 Å². The quantitative estimate of drug-likeness (QED) is 0.144. The maximum Gasteiger partial charge on any atom is 0.129 e. The first-order valence-corrected chi connectivity index (χ1v) is 18.7. The summed E-state index contributed by atoms with van der Waals surface area (Å²) < 4.78 is 10.8. The SMILES string of the molecule is COc1ccc(-c2cc(C)c(-c3cccc(-c4c(C)cc(-c5ccc(OC)cc5)cc4C)c3C#C[Si](C)(C)C)c(C)c2)cc1. The van der Waals surface area contributed by atoms with Gasteiger partial charge in [-0.1, -0.05) is 92.3 Å². The summed E-state index contributed by atoms with van der Waals surface area (Å²) >= 11 is 0. The van der Waals surface area contributed by atoms with Crippen molar-refractivity contribution in [2.24, 2.45) is 0 Å². The van der Waals surface area contributed by atoms with E-state index in [9.17, 15) is 0 Å². The van der Waals surface area contributed by atoms with E-state index in [0.29, 0.717) is 0 Å². The monoisotopic (exact) mass is 594 g/mol. The molecule has 5 aromatic rings. The van der Waals surface area contributed by atoms with Gasteiger partial charge >= 0.3 is 0 Å². The topological polar surface area (TPSA) is 18.5 Å². The second-order valence-corrected chi connectivity index (χ2v) is 17.4. The molecule has 2 nitrogen and oxygen atoms in total. The van der Waals surface area contributed by atoms with Gasteiger partial charge in [-0.15, -0.1) is 5.54 Å². The van der Waals surface area contributed by atoms with E-state index in [-0.39, 0.29) is 0 Å². The zero-order valence-electron chi connectivity index (χ0n) is 27.5. The molecule has 5 aromatic carbocycles. The first-order chi connectivity index (χ1) is 21.0. The largest absolute Gasteiger partial charge is 0.497 e. The van der Waals surface area contributed by atoms with E-state index in [1.807, 2.05) is 24.3 Å². The summed E-state index contributed by atoms with van der Waals surface area (Å²) in [6, 6.07) is 32.5. The van der Waals surface area contributed by atoms with Crippen LogP contribution in [-0.4, -0.2) is 22.3 Å². The van der Waals surface area contributed by atoms with Gasteiger partial charge in [0.15, 0.2) is 0 Å². The summed E-state index contributed by atoms with van der Waals surface area (Å²) in [5, 5.41) is 0. The van der Waals surface area contributed by atoms with Gasteiger partial charge in [0.1, 0.15) is 19.6 Å². The molecule has 5 rings (SSSR count). The molecule has 0 spiro atoms. The number of hydrogen-bond donors (Lipinski definition) is 0. The Balaban J connectivity index is 1.68. The molecule has 0 unspecified atom stereocenters. The second-order valence-electron chi connectivity index (χ2n) is 12.7. The predicted octanol–water partition coefficient (Wildman–Crippen LogP) is 10.8. The Bertz CT molecular complexity index is 1710. The van der Waals surface area contributed by atoms with Crippen LogP contribution in [0.3, 0.4) is 0 Å². The van der Waals surface area contributed by atoms with Crippen LogP contribution in [0.4, 0.5) is 0 Å². The molecular formula is C41H42O2Si. The number of methoxy groups -OCH3 is 2. The van der Waals surface area contributed by atoms with Gasteiger partial charge in [-0.05, 0) is 119 Å². The van der Waals surface area contributed by atoms with E-state index in [1.165, 1.54) is 66.8 Å². The molecule has 0 heterocycles. The average molecular weight is 595 g/mol. The van der Waals surface area contributed by atoms with Gasteiger partial charge < -0.3 is 9.47 Å². The van der Waals surface area contributed by atoms with Crippen molar-refractivity contribution >= 4 is 8.07 Å². The van der Waals surface area contributed by atoms with E-state index < -0.39 is 8.07 Å². The highest BCUT2D eigenvalue weighted by atomic mass is 28.3. The molecule has 0 N–H and O–H groups in total. The van der Waals surface area contributed by atoms with E-state index >= 15 is 0 Å². The van der Waals surface area contributed by atoms with Crippen LogP contribution in [0.5, 0.6) is 11.5 Å². The third kappa shape index (κ3) is 6.52. The molecule has 0 aromatic heterocycles. The Morgan fingerprint density at radius 3 is 1.18 bits per heavy atom. The van der Waals surface area contributed by atoms with Crippen LogP contribution in [-0.2, 0) is 0 Å². The highest BCUT2D eigenvalue weighted by molar-refractivity contribution is 6.83. The van der Waals surface area contributed by atoms with Crippen LogP contribution < -0.4 is 9.47 Å². The third-order valence-corrected chi connectivity index (χ3v) is 8.95. The molecule has 0 radical (unpaired) electrons. The Morgan fingerprint density at radius 2 is 0.864 bits per heavy atom. The lowest BCUT2D eigenvalue weighted by atomic mass is 9.84. The van der Waals surface area contributed by atoms with Gasteiger partial charge in [-0.3, -0.25) is 0 Å². The van der Waals surface area contributed by atoms with E-state index in [4.69, 9.17) is 9.47 Å². The van der Waals surface area contributed by atoms with Crippen molar-refractivity contribution in [1.82, 2.24) is 0 Å². The number of aryl methyl sites for hydroxylation is 4. The molecule has 0 aliphatic carbocycles. The van der Waals surface area contributed by atoms with Crippen LogP contribution >= 0.6 is 0 Å². The molecule has 3 heteroatoms. The molecule has 222 valence electrons. The number of ether oxygens (including phenoxy) is 2. The van der Waals surface area contributed by atoms with E-state index in [1.54, 1.807) is 14.2 Å². The van der Waals surface area contributed by atoms with Crippen molar-refractivity contribution in [1.29, 1.82) is 0 Å². The smallest absolute Gasteiger partial charge is 0.129 e. The fraction of sp³-hybridized carbons (Fsp3) is 0.220. The van der Waals surface area contributed by atoms with Crippen molar-refractivity contribution in [2.45, 2.75) is 47.3 Å². The van der Waals surface area contributed by atoms with Crippen molar-refractivity contribution in [3.8, 4) is 67.5 Å². The van der Waals surface area contributed by atoms with Crippen molar-refractivity contribution in [3.63, 3.8) is 0 Å². The fourth-order valence-electron chi connectivity index (χ4n) is 6.03. The van der Waals surface area contributed by atoms with Crippen LogP contribution in [0.1, 0.15) is 27.8 Å². The summed E-state index contributed by atoms with van der Waals surface area (Å²) in [5.74, 6) is 5.46. The minimum atomic E-state index is -1.65. The fourth-order valence-corrected chi connectivity index (χ4v) is 6.53. The van der Waals surface area contributed by atoms with Crippen LogP contribution in [0.15, 0.2) is 91.0 Å². The molecule has 0 saturated heterocycles. The van der Waals surface area contributed by atoms with Crippen LogP contribution in [0.2, 0.25) is 19.6 Å². The molecule has 0 fully saturated rings. The zero-order valence-corrected chi connectivity index (χ0v) is 28.5. The van der Waals surface area contributed by atoms with Crippen molar-refractivity contribution in [2.75, 3.05) is 14.2 Å². The van der Waals surface area contributed by atoms with Crippen molar-refractivity contribution < 1.29 is 9.47 Å². The van der Waals surface area contributed by atoms with Crippen LogP contribution in [0.25, 0.3) is 44.5 Å². The summed E-state index contributed by atoms with van der Waals surface area (Å²) in [6.45, 7) is 15.8. The lowest BCUT2D eigenvalue weighted by molar-refractivity contribution is 0.415. The standard InChI is InChI=1S/C41H42O2Si/c1-27-23-33(31-13-17-35(42-5)18-14-31)24-28(2)40(27)38-11-10-12-39(37(38)21-22-44(7,8)9)41-29(3)25-34(26-30(41)4)32-15-19-36(43-6)20-16-32/h10-20,23-26H,1-9H3. The Hall–Kier alpha value is -4.52. The number of benzene rings is 5. The van der Waals surface area contributed by atoms with Crippen LogP contribution in [0, 0.1) is 39.2 Å². The highest BCUT2D eigenvalue weighted by Gasteiger charge is 2.19. The zero-order chi connectivity index (χ0) is 31.6. The number of rotatable bonds is 6. The summed E-state index contributed by atoms with van der Waals surface area (Å²) in [6.07, 6.45) is 0. The van der Waals surface area contributed by atoms with Gasteiger partial charge in [0.2, 0.25) is 0 Å². The summed E-state index contributed by atoms with van der Waals surface area (Å²) in [5.41, 5.74) is 19.5. The molecule has 0 amide bonds. The number of hydrogen-bond acceptors (Lipinski definition) is 2. The first-order valence-electron chi connectivity index (χ1n) is 15.2. The third-order valence-electron chi connectivity index (χ3n) is 8.08. The highest BCUT2D eigenvalue weighted by Crippen LogP contribution is 2.40. The van der Waals surface area contributed by atoms with Crippen molar-refractivity contribution in [3.05, 3.63) is 119 Å². The normalized spacial score (nSPS) is 11.1. The lowest BCUT2D eigenvalue weighted by Crippen LogP contribution is -2.16. The average Bonchev–Trinajstić information content (AvgIpc) is 2.99. The molecular weight excluding hydrogens is 553 g/mol. The minimum Gasteiger partial charge on any atom is -0.497 e. The van der Waals surface area contributed by atoms with Gasteiger partial charge in [0, 0.05) is 5.56 Å². The molecule has 0 aliphatic heterocycles. The Kier molecular flexibility index (Phi) is 8.86. The maximum atomic E-state index is 5.38.